The van der Waals surface area contributed by atoms with Crippen molar-refractivity contribution in [1.29, 1.82) is 0 Å². The molecule has 1 aromatic carbocycles. The zero-order valence-electron chi connectivity index (χ0n) is 11.6. The molecule has 1 fully saturated rings. The Bertz CT molecular complexity index is 562. The van der Waals surface area contributed by atoms with Crippen LogP contribution >= 0.6 is 15.9 Å². The van der Waals surface area contributed by atoms with E-state index in [1.54, 1.807) is 0 Å². The summed E-state index contributed by atoms with van der Waals surface area (Å²) in [6.07, 6.45) is 0.834. The summed E-state index contributed by atoms with van der Waals surface area (Å²) >= 11 is 3.45. The molecule has 2 rings (SSSR count). The first-order valence-corrected chi connectivity index (χ1v) is 9.44. The van der Waals surface area contributed by atoms with Gasteiger partial charge in [-0.25, -0.2) is 8.42 Å². The third kappa shape index (κ3) is 4.28. The second-order valence-electron chi connectivity index (χ2n) is 5.45. The molecule has 1 heterocycles. The van der Waals surface area contributed by atoms with Crippen molar-refractivity contribution in [3.63, 3.8) is 0 Å². The van der Waals surface area contributed by atoms with Crippen molar-refractivity contribution in [3.05, 3.63) is 34.3 Å². The Kier molecular flexibility index (Phi) is 5.23. The van der Waals surface area contributed by atoms with Crippen molar-refractivity contribution in [3.8, 4) is 0 Å². The minimum Gasteiger partial charge on any atom is -0.324 e. The highest BCUT2D eigenvalue weighted by Gasteiger charge is 2.27. The minimum atomic E-state index is -2.84. The normalized spacial score (nSPS) is 24.4. The van der Waals surface area contributed by atoms with Crippen molar-refractivity contribution in [2.75, 3.05) is 24.6 Å². The zero-order valence-corrected chi connectivity index (χ0v) is 14.0. The molecule has 112 valence electrons. The van der Waals surface area contributed by atoms with E-state index in [2.05, 4.69) is 20.8 Å². The van der Waals surface area contributed by atoms with Crippen LogP contribution in [0.1, 0.15) is 24.9 Å². The highest BCUT2D eigenvalue weighted by molar-refractivity contribution is 9.10. The van der Waals surface area contributed by atoms with E-state index in [1.165, 1.54) is 0 Å². The topological polar surface area (TPSA) is 63.4 Å². The molecule has 20 heavy (non-hydrogen) atoms. The first-order valence-electron chi connectivity index (χ1n) is 6.83. The lowest BCUT2D eigenvalue weighted by atomic mass is 10.0. The number of benzene rings is 1. The molecular formula is C14H21BrN2O2S. The first kappa shape index (κ1) is 15.9. The van der Waals surface area contributed by atoms with Gasteiger partial charge in [0.1, 0.15) is 0 Å². The van der Waals surface area contributed by atoms with Crippen LogP contribution in [0.2, 0.25) is 0 Å². The van der Waals surface area contributed by atoms with Gasteiger partial charge in [-0.1, -0.05) is 28.1 Å². The molecule has 0 spiro atoms. The van der Waals surface area contributed by atoms with Crippen LogP contribution in [0.5, 0.6) is 0 Å². The number of nitrogens with two attached hydrogens (primary N) is 1. The largest absolute Gasteiger partial charge is 0.324 e. The molecule has 4 nitrogen and oxygen atoms in total. The second-order valence-corrected chi connectivity index (χ2v) is 8.59. The summed E-state index contributed by atoms with van der Waals surface area (Å²) < 4.78 is 24.1. The van der Waals surface area contributed by atoms with Gasteiger partial charge in [0.2, 0.25) is 0 Å². The summed E-state index contributed by atoms with van der Waals surface area (Å²) in [5, 5.41) is 0. The number of hydrogen-bond acceptors (Lipinski definition) is 4. The van der Waals surface area contributed by atoms with Gasteiger partial charge in [0.25, 0.3) is 0 Å². The molecule has 1 saturated heterocycles. The fraction of sp³-hybridized carbons (Fsp3) is 0.571. The number of sulfone groups is 1. The average molecular weight is 361 g/mol. The summed E-state index contributed by atoms with van der Waals surface area (Å²) in [4.78, 5) is 2.22. The van der Waals surface area contributed by atoms with Gasteiger partial charge in [-0.05, 0) is 31.0 Å². The van der Waals surface area contributed by atoms with Crippen LogP contribution in [-0.4, -0.2) is 44.0 Å². The summed E-state index contributed by atoms with van der Waals surface area (Å²) in [5.74, 6) is 0.530. The molecule has 0 bridgehead atoms. The summed E-state index contributed by atoms with van der Waals surface area (Å²) in [6, 6.07) is 8.10. The number of hydrogen-bond donors (Lipinski definition) is 1. The molecule has 2 atom stereocenters. The smallest absolute Gasteiger partial charge is 0.153 e. The van der Waals surface area contributed by atoms with E-state index in [9.17, 15) is 8.42 Å². The molecule has 1 aromatic rings. The quantitative estimate of drug-likeness (QED) is 0.891. The van der Waals surface area contributed by atoms with Crippen LogP contribution in [0.25, 0.3) is 0 Å². The van der Waals surface area contributed by atoms with Gasteiger partial charge >= 0.3 is 0 Å². The number of halogens is 1. The van der Waals surface area contributed by atoms with E-state index < -0.39 is 9.84 Å². The van der Waals surface area contributed by atoms with E-state index in [4.69, 9.17) is 5.73 Å². The van der Waals surface area contributed by atoms with Gasteiger partial charge in [-0.15, -0.1) is 0 Å². The number of nitrogens with zero attached hydrogens (tertiary/aromatic N) is 1. The third-order valence-electron chi connectivity index (χ3n) is 3.81. The Balaban J connectivity index is 1.89. The molecule has 0 saturated carbocycles. The van der Waals surface area contributed by atoms with Crippen molar-refractivity contribution in [2.45, 2.75) is 25.4 Å². The van der Waals surface area contributed by atoms with Crippen LogP contribution in [0, 0.1) is 0 Å². The molecule has 6 heteroatoms. The average Bonchev–Trinajstić information content (AvgIpc) is 2.36. The van der Waals surface area contributed by atoms with Gasteiger partial charge in [0.15, 0.2) is 9.84 Å². The molecule has 0 amide bonds. The van der Waals surface area contributed by atoms with Gasteiger partial charge in [0.05, 0.1) is 11.5 Å². The Morgan fingerprint density at radius 3 is 2.90 bits per heavy atom. The van der Waals surface area contributed by atoms with Gasteiger partial charge < -0.3 is 5.73 Å². The van der Waals surface area contributed by atoms with Crippen molar-refractivity contribution >= 4 is 25.8 Å². The first-order chi connectivity index (χ1) is 9.37. The SMILES string of the molecule is CC1CS(=O)(=O)CCN1CCC(N)c1cccc(Br)c1. The summed E-state index contributed by atoms with van der Waals surface area (Å²) in [7, 11) is -2.84. The molecule has 0 aromatic heterocycles. The Hall–Kier alpha value is -0.430. The van der Waals surface area contributed by atoms with Gasteiger partial charge in [-0.3, -0.25) is 4.90 Å². The fourth-order valence-corrected chi connectivity index (χ4v) is 4.62. The predicted molar refractivity (Wildman–Crippen MR) is 85.4 cm³/mol. The van der Waals surface area contributed by atoms with E-state index in [0.717, 1.165) is 23.0 Å². The minimum absolute atomic E-state index is 0.0155. The van der Waals surface area contributed by atoms with Gasteiger partial charge in [0, 0.05) is 29.6 Å². The summed E-state index contributed by atoms with van der Waals surface area (Å²) in [5.41, 5.74) is 7.32. The molecule has 2 unspecified atom stereocenters. The summed E-state index contributed by atoms with van der Waals surface area (Å²) in [6.45, 7) is 3.43. The Labute approximate surface area is 129 Å². The molecule has 0 aliphatic carbocycles. The monoisotopic (exact) mass is 360 g/mol. The van der Waals surface area contributed by atoms with Crippen LogP contribution in [0.15, 0.2) is 28.7 Å². The van der Waals surface area contributed by atoms with E-state index in [1.807, 2.05) is 31.2 Å². The molecule has 0 radical (unpaired) electrons. The Morgan fingerprint density at radius 1 is 1.50 bits per heavy atom. The molecule has 2 N–H and O–H groups in total. The molecule has 1 aliphatic heterocycles. The van der Waals surface area contributed by atoms with Gasteiger partial charge in [-0.2, -0.15) is 0 Å². The van der Waals surface area contributed by atoms with Crippen LogP contribution in [0.3, 0.4) is 0 Å². The highest BCUT2D eigenvalue weighted by Crippen LogP contribution is 2.20. The second kappa shape index (κ2) is 6.56. The lowest BCUT2D eigenvalue weighted by Crippen LogP contribution is -2.47. The van der Waals surface area contributed by atoms with Crippen molar-refractivity contribution in [2.24, 2.45) is 5.73 Å². The van der Waals surface area contributed by atoms with E-state index in [-0.39, 0.29) is 23.6 Å². The maximum absolute atomic E-state index is 11.5. The molecular weight excluding hydrogens is 340 g/mol. The van der Waals surface area contributed by atoms with E-state index >= 15 is 0 Å². The third-order valence-corrected chi connectivity index (χ3v) is 6.10. The standard InChI is InChI=1S/C14H21BrN2O2S/c1-11-10-20(18,19)8-7-17(11)6-5-14(16)12-3-2-4-13(15)9-12/h2-4,9,11,14H,5-8,10,16H2,1H3. The molecule has 1 aliphatic rings. The Morgan fingerprint density at radius 2 is 2.25 bits per heavy atom. The maximum atomic E-state index is 11.5. The lowest BCUT2D eigenvalue weighted by molar-refractivity contribution is 0.219. The van der Waals surface area contributed by atoms with Crippen LogP contribution < -0.4 is 5.73 Å². The van der Waals surface area contributed by atoms with E-state index in [0.29, 0.717) is 6.54 Å². The number of rotatable bonds is 4. The zero-order chi connectivity index (χ0) is 14.8. The maximum Gasteiger partial charge on any atom is 0.153 e. The van der Waals surface area contributed by atoms with Crippen molar-refractivity contribution in [1.82, 2.24) is 4.90 Å². The fourth-order valence-electron chi connectivity index (χ4n) is 2.57. The van der Waals surface area contributed by atoms with Crippen molar-refractivity contribution < 1.29 is 8.42 Å². The van der Waals surface area contributed by atoms with Crippen LogP contribution in [-0.2, 0) is 9.84 Å². The van der Waals surface area contributed by atoms with Crippen LogP contribution in [0.4, 0.5) is 0 Å². The lowest BCUT2D eigenvalue weighted by Gasteiger charge is -2.33. The highest BCUT2D eigenvalue weighted by atomic mass is 79.9. The predicted octanol–water partition coefficient (Wildman–Crippen LogP) is 1.96.